The van der Waals surface area contributed by atoms with E-state index in [2.05, 4.69) is 13.8 Å². The Morgan fingerprint density at radius 1 is 1.50 bits per heavy atom. The fraction of sp³-hybridized carbons (Fsp3) is 0.857. The highest BCUT2D eigenvalue weighted by molar-refractivity contribution is 6.00. The van der Waals surface area contributed by atoms with Crippen molar-refractivity contribution >= 4 is 5.78 Å². The highest BCUT2D eigenvalue weighted by Gasteiger charge is 2.49. The first kappa shape index (κ1) is 5.80. The lowest BCUT2D eigenvalue weighted by Crippen LogP contribution is -1.98. The van der Waals surface area contributed by atoms with Gasteiger partial charge in [0.15, 0.2) is 0 Å². The van der Waals surface area contributed by atoms with E-state index in [1.54, 1.807) is 0 Å². The van der Waals surface area contributed by atoms with E-state index in [1.165, 1.54) is 0 Å². The smallest absolute Gasteiger partial charge is 0.140 e. The summed E-state index contributed by atoms with van der Waals surface area (Å²) >= 11 is 0. The SMILES string of the molecule is CCC1(CC)CC1=O. The number of carbonyl (C=O) groups is 1. The van der Waals surface area contributed by atoms with E-state index in [-0.39, 0.29) is 5.41 Å². The predicted molar refractivity (Wildman–Crippen MR) is 32.6 cm³/mol. The van der Waals surface area contributed by atoms with Crippen LogP contribution in [0.15, 0.2) is 0 Å². The van der Waals surface area contributed by atoms with Crippen LogP contribution in [0.1, 0.15) is 33.1 Å². The number of hydrogen-bond acceptors (Lipinski definition) is 1. The van der Waals surface area contributed by atoms with Crippen molar-refractivity contribution in [3.8, 4) is 0 Å². The van der Waals surface area contributed by atoms with Crippen LogP contribution in [0.25, 0.3) is 0 Å². The summed E-state index contributed by atoms with van der Waals surface area (Å²) in [5.74, 6) is 0.475. The number of ketones is 1. The standard InChI is InChI=1S/C7H12O/c1-3-7(4-2)5-6(7)8/h3-5H2,1-2H3. The van der Waals surface area contributed by atoms with E-state index < -0.39 is 0 Å². The van der Waals surface area contributed by atoms with E-state index in [0.717, 1.165) is 19.3 Å². The molecule has 0 unspecified atom stereocenters. The van der Waals surface area contributed by atoms with Crippen molar-refractivity contribution in [3.05, 3.63) is 0 Å². The fourth-order valence-corrected chi connectivity index (χ4v) is 1.16. The summed E-state index contributed by atoms with van der Waals surface area (Å²) in [6, 6.07) is 0. The summed E-state index contributed by atoms with van der Waals surface area (Å²) in [4.78, 5) is 10.7. The minimum absolute atomic E-state index is 0.153. The van der Waals surface area contributed by atoms with Gasteiger partial charge in [-0.1, -0.05) is 13.8 Å². The van der Waals surface area contributed by atoms with Crippen molar-refractivity contribution < 1.29 is 4.79 Å². The molecule has 0 atom stereocenters. The third kappa shape index (κ3) is 0.575. The minimum Gasteiger partial charge on any atom is -0.299 e. The second kappa shape index (κ2) is 1.57. The molecule has 1 aliphatic rings. The van der Waals surface area contributed by atoms with Gasteiger partial charge in [-0.05, 0) is 12.8 Å². The number of hydrogen-bond donors (Lipinski definition) is 0. The molecule has 0 radical (unpaired) electrons. The van der Waals surface area contributed by atoms with Gasteiger partial charge in [-0.3, -0.25) is 4.79 Å². The lowest BCUT2D eigenvalue weighted by Gasteiger charge is -2.01. The summed E-state index contributed by atoms with van der Waals surface area (Å²) < 4.78 is 0. The molecular formula is C7H12O. The van der Waals surface area contributed by atoms with Crippen molar-refractivity contribution in [2.45, 2.75) is 33.1 Å². The zero-order chi connectivity index (χ0) is 6.20. The maximum atomic E-state index is 10.7. The normalized spacial score (nSPS) is 23.5. The summed E-state index contributed by atoms with van der Waals surface area (Å²) in [6.45, 7) is 4.18. The molecule has 0 amide bonds. The first-order valence-electron chi connectivity index (χ1n) is 3.28. The Morgan fingerprint density at radius 3 is 1.88 bits per heavy atom. The Bertz CT molecular complexity index is 112. The second-order valence-electron chi connectivity index (χ2n) is 2.59. The van der Waals surface area contributed by atoms with E-state index in [0.29, 0.717) is 5.78 Å². The van der Waals surface area contributed by atoms with E-state index in [4.69, 9.17) is 0 Å². The van der Waals surface area contributed by atoms with Gasteiger partial charge in [0.1, 0.15) is 5.78 Å². The van der Waals surface area contributed by atoms with Crippen molar-refractivity contribution in [1.29, 1.82) is 0 Å². The Labute approximate surface area is 50.1 Å². The van der Waals surface area contributed by atoms with Crippen LogP contribution in [0.4, 0.5) is 0 Å². The Hall–Kier alpha value is -0.330. The quantitative estimate of drug-likeness (QED) is 0.532. The van der Waals surface area contributed by atoms with E-state index in [1.807, 2.05) is 0 Å². The molecule has 0 bridgehead atoms. The van der Waals surface area contributed by atoms with Crippen LogP contribution in [0, 0.1) is 5.41 Å². The molecule has 0 spiro atoms. The van der Waals surface area contributed by atoms with Gasteiger partial charge in [-0.25, -0.2) is 0 Å². The van der Waals surface area contributed by atoms with Crippen LogP contribution in [0.2, 0.25) is 0 Å². The number of carbonyl (C=O) groups excluding carboxylic acids is 1. The molecule has 0 aliphatic heterocycles. The monoisotopic (exact) mass is 112 g/mol. The van der Waals surface area contributed by atoms with Crippen LogP contribution < -0.4 is 0 Å². The number of Topliss-reactive ketones (excluding diaryl/α,β-unsaturated/α-hetero) is 1. The topological polar surface area (TPSA) is 17.1 Å². The Kier molecular flexibility index (Phi) is 1.14. The molecule has 46 valence electrons. The number of rotatable bonds is 2. The van der Waals surface area contributed by atoms with Gasteiger partial charge in [0, 0.05) is 11.8 Å². The van der Waals surface area contributed by atoms with Crippen LogP contribution in [-0.2, 0) is 4.79 Å². The average Bonchev–Trinajstić information content (AvgIpc) is 2.43. The van der Waals surface area contributed by atoms with Crippen LogP contribution in [0.5, 0.6) is 0 Å². The van der Waals surface area contributed by atoms with E-state index in [9.17, 15) is 4.79 Å². The largest absolute Gasteiger partial charge is 0.299 e. The van der Waals surface area contributed by atoms with Crippen molar-refractivity contribution in [2.75, 3.05) is 0 Å². The molecule has 0 saturated heterocycles. The van der Waals surface area contributed by atoms with Gasteiger partial charge in [0.2, 0.25) is 0 Å². The molecule has 1 fully saturated rings. The van der Waals surface area contributed by atoms with Gasteiger partial charge >= 0.3 is 0 Å². The lowest BCUT2D eigenvalue weighted by atomic mass is 10.0. The first-order chi connectivity index (χ1) is 3.75. The van der Waals surface area contributed by atoms with Crippen molar-refractivity contribution in [1.82, 2.24) is 0 Å². The van der Waals surface area contributed by atoms with Gasteiger partial charge in [-0.2, -0.15) is 0 Å². The molecule has 1 nitrogen and oxygen atoms in total. The summed E-state index contributed by atoms with van der Waals surface area (Å²) in [5.41, 5.74) is 0.153. The van der Waals surface area contributed by atoms with Crippen LogP contribution in [0.3, 0.4) is 0 Å². The maximum Gasteiger partial charge on any atom is 0.140 e. The predicted octanol–water partition coefficient (Wildman–Crippen LogP) is 1.77. The van der Waals surface area contributed by atoms with Gasteiger partial charge < -0.3 is 0 Å². The maximum absolute atomic E-state index is 10.7. The third-order valence-corrected chi connectivity index (χ3v) is 2.32. The third-order valence-electron chi connectivity index (χ3n) is 2.32. The molecule has 1 aliphatic carbocycles. The molecular weight excluding hydrogens is 100 g/mol. The van der Waals surface area contributed by atoms with Crippen molar-refractivity contribution in [2.24, 2.45) is 5.41 Å². The molecule has 0 N–H and O–H groups in total. The van der Waals surface area contributed by atoms with Crippen molar-refractivity contribution in [3.63, 3.8) is 0 Å². The summed E-state index contributed by atoms with van der Waals surface area (Å²) in [7, 11) is 0. The molecule has 0 heterocycles. The highest BCUT2D eigenvalue weighted by Crippen LogP contribution is 2.46. The molecule has 0 aromatic heterocycles. The Balaban J connectivity index is 2.52. The molecule has 1 heteroatoms. The zero-order valence-corrected chi connectivity index (χ0v) is 5.53. The average molecular weight is 112 g/mol. The first-order valence-corrected chi connectivity index (χ1v) is 3.28. The summed E-state index contributed by atoms with van der Waals surface area (Å²) in [6.07, 6.45) is 2.94. The fourth-order valence-electron chi connectivity index (χ4n) is 1.16. The lowest BCUT2D eigenvalue weighted by molar-refractivity contribution is -0.113. The Morgan fingerprint density at radius 2 is 1.88 bits per heavy atom. The molecule has 1 rings (SSSR count). The van der Waals surface area contributed by atoms with Gasteiger partial charge in [0.05, 0.1) is 0 Å². The molecule has 0 aromatic rings. The zero-order valence-electron chi connectivity index (χ0n) is 5.53. The second-order valence-corrected chi connectivity index (χ2v) is 2.59. The van der Waals surface area contributed by atoms with Crippen LogP contribution in [-0.4, -0.2) is 5.78 Å². The summed E-state index contributed by atoms with van der Waals surface area (Å²) in [5, 5.41) is 0. The van der Waals surface area contributed by atoms with Crippen LogP contribution >= 0.6 is 0 Å². The van der Waals surface area contributed by atoms with E-state index >= 15 is 0 Å². The van der Waals surface area contributed by atoms with Gasteiger partial charge in [-0.15, -0.1) is 0 Å². The van der Waals surface area contributed by atoms with Gasteiger partial charge in [0.25, 0.3) is 0 Å². The minimum atomic E-state index is 0.153. The molecule has 8 heavy (non-hydrogen) atoms. The molecule has 0 aromatic carbocycles. The highest BCUT2D eigenvalue weighted by atomic mass is 16.1. The molecule has 1 saturated carbocycles.